The van der Waals surface area contributed by atoms with E-state index in [0.29, 0.717) is 31.3 Å². The summed E-state index contributed by atoms with van der Waals surface area (Å²) in [6, 6.07) is 2.07. The zero-order valence-corrected chi connectivity index (χ0v) is 16.7. The quantitative estimate of drug-likeness (QED) is 0.752. The number of carbonyl (C=O) groups is 2. The van der Waals surface area contributed by atoms with Crippen molar-refractivity contribution in [2.24, 2.45) is 0 Å². The van der Waals surface area contributed by atoms with Gasteiger partial charge in [-0.2, -0.15) is 0 Å². The fourth-order valence-corrected chi connectivity index (χ4v) is 3.84. The van der Waals surface area contributed by atoms with Crippen LogP contribution in [0, 0.1) is 0 Å². The molecule has 154 valence electrons. The molecule has 0 spiro atoms. The second-order valence-corrected chi connectivity index (χ2v) is 7.53. The van der Waals surface area contributed by atoms with Gasteiger partial charge in [0.2, 0.25) is 5.95 Å². The molecule has 2 fully saturated rings. The van der Waals surface area contributed by atoms with Crippen molar-refractivity contribution in [3.05, 3.63) is 18.0 Å². The van der Waals surface area contributed by atoms with Gasteiger partial charge in [-0.05, 0) is 38.7 Å². The van der Waals surface area contributed by atoms with Crippen LogP contribution in [0.25, 0.3) is 0 Å². The normalized spacial score (nSPS) is 19.0. The molecular weight excluding hydrogens is 358 g/mol. The second-order valence-electron chi connectivity index (χ2n) is 7.53. The molecule has 3 rings (SSSR count). The van der Waals surface area contributed by atoms with Crippen molar-refractivity contribution < 1.29 is 14.3 Å². The minimum atomic E-state index is -0.255. The Bertz CT molecular complexity index is 653. The number of amides is 2. The van der Waals surface area contributed by atoms with E-state index >= 15 is 0 Å². The van der Waals surface area contributed by atoms with Crippen LogP contribution in [-0.2, 0) is 4.74 Å². The summed E-state index contributed by atoms with van der Waals surface area (Å²) in [7, 11) is 0. The Balaban J connectivity index is 1.51. The lowest BCUT2D eigenvalue weighted by molar-refractivity contribution is 0.0926. The number of anilines is 1. The summed E-state index contributed by atoms with van der Waals surface area (Å²) in [5.74, 6) is 0.331. The highest BCUT2D eigenvalue weighted by molar-refractivity contribution is 5.92. The van der Waals surface area contributed by atoms with Crippen molar-refractivity contribution in [1.82, 2.24) is 20.2 Å². The highest BCUT2D eigenvalue weighted by Gasteiger charge is 2.24. The molecule has 0 bridgehead atoms. The number of likely N-dealkylation sites (tertiary alicyclic amines) is 1. The smallest absolute Gasteiger partial charge is 0.409 e. The van der Waals surface area contributed by atoms with Crippen molar-refractivity contribution in [1.29, 1.82) is 0 Å². The van der Waals surface area contributed by atoms with Crippen LogP contribution >= 0.6 is 0 Å². The zero-order chi connectivity index (χ0) is 19.8. The van der Waals surface area contributed by atoms with Gasteiger partial charge in [0.25, 0.3) is 5.91 Å². The lowest BCUT2D eigenvalue weighted by Gasteiger charge is -2.31. The van der Waals surface area contributed by atoms with Crippen LogP contribution in [0.4, 0.5) is 10.7 Å². The Morgan fingerprint density at radius 2 is 1.82 bits per heavy atom. The van der Waals surface area contributed by atoms with E-state index in [9.17, 15) is 9.59 Å². The molecule has 1 aliphatic carbocycles. The first-order valence-corrected chi connectivity index (χ1v) is 10.5. The molecule has 0 unspecified atom stereocenters. The molecule has 8 nitrogen and oxygen atoms in total. The number of hydrogen-bond acceptors (Lipinski definition) is 6. The minimum Gasteiger partial charge on any atom is -0.450 e. The summed E-state index contributed by atoms with van der Waals surface area (Å²) >= 11 is 0. The average molecular weight is 390 g/mol. The molecule has 1 aromatic heterocycles. The standard InChI is InChI=1S/C20H31N5O3/c1-2-28-20(27)25-13-10-16(11-14-25)23-19-21-12-9-17(24-19)18(26)22-15-7-5-3-4-6-8-15/h9,12,15-16H,2-8,10-11,13-14H2,1H3,(H,22,26)(H,21,23,24). The molecule has 1 aliphatic heterocycles. The van der Waals surface area contributed by atoms with E-state index < -0.39 is 0 Å². The fraction of sp³-hybridized carbons (Fsp3) is 0.700. The average Bonchev–Trinajstić information content (AvgIpc) is 2.97. The van der Waals surface area contributed by atoms with Crippen LogP contribution in [0.3, 0.4) is 0 Å². The molecule has 2 aliphatic rings. The number of carbonyl (C=O) groups excluding carboxylic acids is 2. The zero-order valence-electron chi connectivity index (χ0n) is 16.7. The summed E-state index contributed by atoms with van der Waals surface area (Å²) in [6.45, 7) is 3.47. The number of nitrogens with zero attached hydrogens (tertiary/aromatic N) is 3. The van der Waals surface area contributed by atoms with Crippen molar-refractivity contribution >= 4 is 17.9 Å². The number of piperidine rings is 1. The third-order valence-corrected chi connectivity index (χ3v) is 5.43. The summed E-state index contributed by atoms with van der Waals surface area (Å²) in [5.41, 5.74) is 0.394. The third kappa shape index (κ3) is 5.81. The van der Waals surface area contributed by atoms with Gasteiger partial charge < -0.3 is 20.3 Å². The van der Waals surface area contributed by atoms with Gasteiger partial charge in [0.1, 0.15) is 5.69 Å². The van der Waals surface area contributed by atoms with Gasteiger partial charge in [0.05, 0.1) is 6.61 Å². The van der Waals surface area contributed by atoms with Crippen molar-refractivity contribution in [2.45, 2.75) is 70.4 Å². The van der Waals surface area contributed by atoms with Crippen molar-refractivity contribution in [2.75, 3.05) is 25.0 Å². The summed E-state index contributed by atoms with van der Waals surface area (Å²) in [4.78, 5) is 34.7. The van der Waals surface area contributed by atoms with E-state index in [4.69, 9.17) is 4.74 Å². The Morgan fingerprint density at radius 1 is 1.11 bits per heavy atom. The Morgan fingerprint density at radius 3 is 2.50 bits per heavy atom. The van der Waals surface area contributed by atoms with Crippen LogP contribution in [0.15, 0.2) is 12.3 Å². The Kier molecular flexibility index (Phi) is 7.45. The van der Waals surface area contributed by atoms with E-state index in [1.807, 2.05) is 6.92 Å². The maximum atomic E-state index is 12.6. The number of aromatic nitrogens is 2. The molecule has 2 heterocycles. The Labute approximate surface area is 166 Å². The SMILES string of the molecule is CCOC(=O)N1CCC(Nc2nccc(C(=O)NC3CCCCCC3)n2)CC1. The third-order valence-electron chi connectivity index (χ3n) is 5.43. The number of nitrogens with one attached hydrogen (secondary N) is 2. The molecule has 2 amide bonds. The first-order valence-electron chi connectivity index (χ1n) is 10.5. The molecule has 1 saturated heterocycles. The van der Waals surface area contributed by atoms with Crippen LogP contribution in [0.2, 0.25) is 0 Å². The molecule has 1 aromatic rings. The van der Waals surface area contributed by atoms with Crippen LogP contribution < -0.4 is 10.6 Å². The van der Waals surface area contributed by atoms with Gasteiger partial charge in [-0.25, -0.2) is 14.8 Å². The minimum absolute atomic E-state index is 0.130. The van der Waals surface area contributed by atoms with Crippen molar-refractivity contribution in [3.63, 3.8) is 0 Å². The van der Waals surface area contributed by atoms with Gasteiger partial charge in [-0.15, -0.1) is 0 Å². The molecule has 28 heavy (non-hydrogen) atoms. The summed E-state index contributed by atoms with van der Waals surface area (Å²) in [6.07, 6.45) is 9.88. The maximum Gasteiger partial charge on any atom is 0.409 e. The van der Waals surface area contributed by atoms with E-state index in [1.165, 1.54) is 25.7 Å². The molecule has 0 atom stereocenters. The van der Waals surface area contributed by atoms with Crippen molar-refractivity contribution in [3.8, 4) is 0 Å². The number of hydrogen-bond donors (Lipinski definition) is 2. The molecule has 0 aromatic carbocycles. The van der Waals surface area contributed by atoms with E-state index in [2.05, 4.69) is 20.6 Å². The molecule has 8 heteroatoms. The topological polar surface area (TPSA) is 96.5 Å². The van der Waals surface area contributed by atoms with Gasteiger partial charge >= 0.3 is 6.09 Å². The van der Waals surface area contributed by atoms with Gasteiger partial charge in [0, 0.05) is 31.4 Å². The molecule has 0 radical (unpaired) electrons. The lowest BCUT2D eigenvalue weighted by Crippen LogP contribution is -2.42. The fourth-order valence-electron chi connectivity index (χ4n) is 3.84. The van der Waals surface area contributed by atoms with E-state index in [1.54, 1.807) is 17.2 Å². The molecule has 2 N–H and O–H groups in total. The first kappa shape index (κ1) is 20.4. The van der Waals surface area contributed by atoms with Crippen LogP contribution in [0.5, 0.6) is 0 Å². The van der Waals surface area contributed by atoms with Gasteiger partial charge in [0.15, 0.2) is 0 Å². The highest BCUT2D eigenvalue weighted by atomic mass is 16.6. The largest absolute Gasteiger partial charge is 0.450 e. The molecule has 1 saturated carbocycles. The molecular formula is C20H31N5O3. The second kappa shape index (κ2) is 10.2. The van der Waals surface area contributed by atoms with E-state index in [0.717, 1.165) is 25.7 Å². The lowest BCUT2D eigenvalue weighted by atomic mass is 10.1. The predicted molar refractivity (Wildman–Crippen MR) is 106 cm³/mol. The maximum absolute atomic E-state index is 12.6. The number of ether oxygens (including phenoxy) is 1. The highest BCUT2D eigenvalue weighted by Crippen LogP contribution is 2.18. The van der Waals surface area contributed by atoms with Gasteiger partial charge in [-0.1, -0.05) is 25.7 Å². The predicted octanol–water partition coefficient (Wildman–Crippen LogP) is 2.96. The van der Waals surface area contributed by atoms with Crippen LogP contribution in [0.1, 0.15) is 68.8 Å². The monoisotopic (exact) mass is 389 g/mol. The Hall–Kier alpha value is -2.38. The summed E-state index contributed by atoms with van der Waals surface area (Å²) < 4.78 is 5.04. The van der Waals surface area contributed by atoms with E-state index in [-0.39, 0.29) is 24.1 Å². The van der Waals surface area contributed by atoms with Crippen LogP contribution in [-0.4, -0.2) is 58.6 Å². The number of rotatable bonds is 5. The van der Waals surface area contributed by atoms with Gasteiger partial charge in [-0.3, -0.25) is 4.79 Å². The first-order chi connectivity index (χ1) is 13.7. The summed E-state index contributed by atoms with van der Waals surface area (Å²) in [5, 5.41) is 6.42.